The van der Waals surface area contributed by atoms with Gasteiger partial charge in [-0.15, -0.1) is 24.2 Å². The molecule has 1 aromatic carbocycles. The number of hydrogen-bond donors (Lipinski definition) is 1. The number of amides is 1. The van der Waals surface area contributed by atoms with E-state index in [1.807, 2.05) is 6.92 Å². The highest BCUT2D eigenvalue weighted by Gasteiger charge is 2.26. The van der Waals surface area contributed by atoms with E-state index in [2.05, 4.69) is 5.32 Å². The molecule has 0 aromatic heterocycles. The Bertz CT molecular complexity index is 541. The molecular weight excluding hydrogens is 314 g/mol. The Kier molecular flexibility index (Phi) is 6.44. The molecule has 1 heterocycles. The number of thioether (sulfide) groups is 1. The molecule has 0 aliphatic carbocycles. The van der Waals surface area contributed by atoms with Crippen LogP contribution in [0.5, 0.6) is 0 Å². The van der Waals surface area contributed by atoms with Crippen molar-refractivity contribution in [2.75, 3.05) is 25.9 Å². The Morgan fingerprint density at radius 3 is 2.81 bits per heavy atom. The highest BCUT2D eigenvalue weighted by Crippen LogP contribution is 2.28. The van der Waals surface area contributed by atoms with Crippen molar-refractivity contribution in [3.63, 3.8) is 0 Å². The molecular formula is C13H18ClN3O3S. The SMILES string of the molecule is CSc1ccc(C(=O)N2CCNC[C@@H]2C)cc1[N+](=O)[O-].Cl. The lowest BCUT2D eigenvalue weighted by atomic mass is 10.1. The number of benzene rings is 1. The van der Waals surface area contributed by atoms with E-state index in [0.717, 1.165) is 13.1 Å². The summed E-state index contributed by atoms with van der Waals surface area (Å²) in [7, 11) is 0. The molecule has 1 aliphatic rings. The van der Waals surface area contributed by atoms with Crippen LogP contribution in [0, 0.1) is 10.1 Å². The standard InChI is InChI=1S/C13H17N3O3S.ClH/c1-9-8-14-5-6-15(9)13(17)10-3-4-12(20-2)11(7-10)16(18)19;/h3-4,7,9,14H,5-6,8H2,1-2H3;1H/t9-;/m0./s1. The second kappa shape index (κ2) is 7.63. The molecule has 1 aliphatic heterocycles. The fourth-order valence-corrected chi connectivity index (χ4v) is 2.82. The maximum absolute atomic E-state index is 12.5. The molecule has 1 aromatic rings. The molecule has 116 valence electrons. The molecule has 0 saturated carbocycles. The molecule has 0 spiro atoms. The second-order valence-electron chi connectivity index (χ2n) is 4.70. The van der Waals surface area contributed by atoms with Gasteiger partial charge in [0.2, 0.25) is 0 Å². The molecule has 1 amide bonds. The normalized spacial score (nSPS) is 18.0. The zero-order chi connectivity index (χ0) is 14.7. The number of halogens is 1. The first-order valence-electron chi connectivity index (χ1n) is 6.38. The number of hydrogen-bond acceptors (Lipinski definition) is 5. The minimum absolute atomic E-state index is 0. The Morgan fingerprint density at radius 2 is 2.24 bits per heavy atom. The molecule has 2 rings (SSSR count). The van der Waals surface area contributed by atoms with Gasteiger partial charge in [-0.05, 0) is 25.3 Å². The summed E-state index contributed by atoms with van der Waals surface area (Å²) in [5.41, 5.74) is 0.370. The summed E-state index contributed by atoms with van der Waals surface area (Å²) in [6.45, 7) is 4.09. The van der Waals surface area contributed by atoms with Crippen molar-refractivity contribution in [2.24, 2.45) is 0 Å². The third-order valence-corrected chi connectivity index (χ3v) is 4.17. The van der Waals surface area contributed by atoms with E-state index in [4.69, 9.17) is 0 Å². The number of carbonyl (C=O) groups is 1. The molecule has 0 bridgehead atoms. The van der Waals surface area contributed by atoms with Crippen molar-refractivity contribution in [2.45, 2.75) is 17.9 Å². The molecule has 0 radical (unpaired) electrons. The van der Waals surface area contributed by atoms with Crippen molar-refractivity contribution >= 4 is 35.8 Å². The molecule has 1 saturated heterocycles. The smallest absolute Gasteiger partial charge is 0.283 e. The number of piperazine rings is 1. The van der Waals surface area contributed by atoms with Gasteiger partial charge in [0.25, 0.3) is 11.6 Å². The number of nitrogens with one attached hydrogen (secondary N) is 1. The molecule has 1 fully saturated rings. The molecule has 1 N–H and O–H groups in total. The summed E-state index contributed by atoms with van der Waals surface area (Å²) >= 11 is 1.30. The summed E-state index contributed by atoms with van der Waals surface area (Å²) in [6.07, 6.45) is 1.78. The maximum Gasteiger partial charge on any atom is 0.283 e. The zero-order valence-corrected chi connectivity index (χ0v) is 13.5. The monoisotopic (exact) mass is 331 g/mol. The fourth-order valence-electron chi connectivity index (χ4n) is 2.27. The van der Waals surface area contributed by atoms with Crippen LogP contribution in [-0.4, -0.2) is 47.7 Å². The van der Waals surface area contributed by atoms with Gasteiger partial charge in [0.1, 0.15) is 0 Å². The van der Waals surface area contributed by atoms with Gasteiger partial charge in [-0.2, -0.15) is 0 Å². The summed E-state index contributed by atoms with van der Waals surface area (Å²) in [5, 5.41) is 14.3. The number of nitrogens with zero attached hydrogens (tertiary/aromatic N) is 2. The number of carbonyl (C=O) groups excluding carboxylic acids is 1. The molecule has 8 heteroatoms. The lowest BCUT2D eigenvalue weighted by molar-refractivity contribution is -0.387. The second-order valence-corrected chi connectivity index (χ2v) is 5.54. The fraction of sp³-hybridized carbons (Fsp3) is 0.462. The number of nitro benzene ring substituents is 1. The van der Waals surface area contributed by atoms with E-state index in [0.29, 0.717) is 17.0 Å². The third kappa shape index (κ3) is 3.87. The molecule has 0 unspecified atom stereocenters. The maximum atomic E-state index is 12.5. The van der Waals surface area contributed by atoms with Crippen LogP contribution in [0.15, 0.2) is 23.1 Å². The van der Waals surface area contributed by atoms with Crippen molar-refractivity contribution in [3.05, 3.63) is 33.9 Å². The van der Waals surface area contributed by atoms with Gasteiger partial charge in [-0.25, -0.2) is 0 Å². The Hall–Kier alpha value is -1.31. The van der Waals surface area contributed by atoms with E-state index in [9.17, 15) is 14.9 Å². The Balaban J connectivity index is 0.00000220. The van der Waals surface area contributed by atoms with Gasteiger partial charge in [-0.3, -0.25) is 14.9 Å². The average Bonchev–Trinajstić information content (AvgIpc) is 2.46. The van der Waals surface area contributed by atoms with Crippen molar-refractivity contribution in [1.82, 2.24) is 10.2 Å². The Morgan fingerprint density at radius 1 is 1.52 bits per heavy atom. The van der Waals surface area contributed by atoms with Crippen LogP contribution < -0.4 is 5.32 Å². The minimum Gasteiger partial charge on any atom is -0.333 e. The van der Waals surface area contributed by atoms with E-state index in [-0.39, 0.29) is 30.0 Å². The van der Waals surface area contributed by atoms with Crippen LogP contribution in [0.2, 0.25) is 0 Å². The largest absolute Gasteiger partial charge is 0.333 e. The summed E-state index contributed by atoms with van der Waals surface area (Å²) in [5.74, 6) is -0.144. The topological polar surface area (TPSA) is 75.5 Å². The molecule has 21 heavy (non-hydrogen) atoms. The summed E-state index contributed by atoms with van der Waals surface area (Å²) in [6, 6.07) is 4.78. The average molecular weight is 332 g/mol. The van der Waals surface area contributed by atoms with Crippen LogP contribution in [0.25, 0.3) is 0 Å². The first-order valence-corrected chi connectivity index (χ1v) is 7.61. The van der Waals surface area contributed by atoms with Crippen LogP contribution in [0.1, 0.15) is 17.3 Å². The molecule has 1 atom stereocenters. The predicted octanol–water partition coefficient (Wildman–Crippen LogP) is 2.17. The number of nitro groups is 1. The van der Waals surface area contributed by atoms with E-state index < -0.39 is 4.92 Å². The quantitative estimate of drug-likeness (QED) is 0.522. The van der Waals surface area contributed by atoms with Crippen molar-refractivity contribution in [3.8, 4) is 0 Å². The lowest BCUT2D eigenvalue weighted by Crippen LogP contribution is -2.52. The van der Waals surface area contributed by atoms with Crippen LogP contribution in [0.3, 0.4) is 0 Å². The molecule has 6 nitrogen and oxygen atoms in total. The summed E-state index contributed by atoms with van der Waals surface area (Å²) in [4.78, 5) is 25.4. The number of rotatable bonds is 3. The summed E-state index contributed by atoms with van der Waals surface area (Å²) < 4.78 is 0. The highest BCUT2D eigenvalue weighted by molar-refractivity contribution is 7.98. The van der Waals surface area contributed by atoms with Crippen LogP contribution in [0.4, 0.5) is 5.69 Å². The van der Waals surface area contributed by atoms with Crippen molar-refractivity contribution < 1.29 is 9.72 Å². The van der Waals surface area contributed by atoms with E-state index in [1.165, 1.54) is 17.8 Å². The minimum atomic E-state index is -0.441. The first kappa shape index (κ1) is 17.7. The van der Waals surface area contributed by atoms with Gasteiger partial charge in [0, 0.05) is 37.3 Å². The van der Waals surface area contributed by atoms with E-state index in [1.54, 1.807) is 23.3 Å². The van der Waals surface area contributed by atoms with Gasteiger partial charge in [0.15, 0.2) is 0 Å². The third-order valence-electron chi connectivity index (χ3n) is 3.38. The predicted molar refractivity (Wildman–Crippen MR) is 85.5 cm³/mol. The first-order chi connectivity index (χ1) is 9.54. The lowest BCUT2D eigenvalue weighted by Gasteiger charge is -2.34. The van der Waals surface area contributed by atoms with Gasteiger partial charge < -0.3 is 10.2 Å². The van der Waals surface area contributed by atoms with Crippen molar-refractivity contribution in [1.29, 1.82) is 0 Å². The van der Waals surface area contributed by atoms with Gasteiger partial charge in [0.05, 0.1) is 9.82 Å². The van der Waals surface area contributed by atoms with Crippen LogP contribution >= 0.6 is 24.2 Å². The van der Waals surface area contributed by atoms with Crippen LogP contribution in [-0.2, 0) is 0 Å². The van der Waals surface area contributed by atoms with Gasteiger partial charge in [-0.1, -0.05) is 0 Å². The highest BCUT2D eigenvalue weighted by atomic mass is 35.5. The Labute approximate surface area is 133 Å². The zero-order valence-electron chi connectivity index (χ0n) is 11.9. The van der Waals surface area contributed by atoms with E-state index >= 15 is 0 Å². The van der Waals surface area contributed by atoms with Gasteiger partial charge >= 0.3 is 0 Å².